The molecule has 0 fully saturated rings. The van der Waals surface area contributed by atoms with Crippen LogP contribution < -0.4 is 5.32 Å². The molecule has 0 atom stereocenters. The molecule has 0 bridgehead atoms. The van der Waals surface area contributed by atoms with E-state index in [0.29, 0.717) is 16.8 Å². The lowest BCUT2D eigenvalue weighted by Crippen LogP contribution is -2.15. The van der Waals surface area contributed by atoms with Gasteiger partial charge in [-0.15, -0.1) is 0 Å². The molecule has 5 heteroatoms. The van der Waals surface area contributed by atoms with E-state index in [1.807, 2.05) is 6.07 Å². The van der Waals surface area contributed by atoms with Crippen LogP contribution in [-0.2, 0) is 9.59 Å². The van der Waals surface area contributed by atoms with Crippen molar-refractivity contribution in [2.75, 3.05) is 5.32 Å². The average Bonchev–Trinajstić information content (AvgIpc) is 2.47. The van der Waals surface area contributed by atoms with E-state index in [9.17, 15) is 14.4 Å². The Morgan fingerprint density at radius 2 is 1.43 bits per heavy atom. The predicted molar refractivity (Wildman–Crippen MR) is 77.2 cm³/mol. The van der Waals surface area contributed by atoms with Crippen molar-refractivity contribution in [2.24, 2.45) is 0 Å². The Bertz CT molecular complexity index is 662. The number of rotatable bonds is 5. The number of aliphatic carboxylic acids is 1. The largest absolute Gasteiger partial charge is 0.481 e. The fourth-order valence-electron chi connectivity index (χ4n) is 1.80. The maximum atomic E-state index is 12.2. The van der Waals surface area contributed by atoms with Crippen molar-refractivity contribution < 1.29 is 19.5 Å². The summed E-state index contributed by atoms with van der Waals surface area (Å²) in [5, 5.41) is 10.9. The smallest absolute Gasteiger partial charge is 0.312 e. The number of hydrogen-bond acceptors (Lipinski definition) is 3. The van der Waals surface area contributed by atoms with Crippen LogP contribution >= 0.6 is 0 Å². The number of carbonyl (C=O) groups is 3. The van der Waals surface area contributed by atoms with Crippen LogP contribution in [0, 0.1) is 0 Å². The van der Waals surface area contributed by atoms with Crippen molar-refractivity contribution in [3.8, 4) is 0 Å². The highest BCUT2D eigenvalue weighted by atomic mass is 16.4. The third kappa shape index (κ3) is 4.01. The van der Waals surface area contributed by atoms with Gasteiger partial charge in [0.2, 0.25) is 5.91 Å². The number of carbonyl (C=O) groups excluding carboxylic acids is 2. The fraction of sp³-hybridized carbons (Fsp3) is 0.0625. The van der Waals surface area contributed by atoms with Crippen molar-refractivity contribution in [1.82, 2.24) is 0 Å². The SMILES string of the molecule is O=C(O)CC(=O)Nc1ccc(C(=O)c2ccccc2)cc1. The van der Waals surface area contributed by atoms with Crippen molar-refractivity contribution >= 4 is 23.3 Å². The molecule has 0 aliphatic rings. The lowest BCUT2D eigenvalue weighted by Gasteiger charge is -2.05. The summed E-state index contributed by atoms with van der Waals surface area (Å²) >= 11 is 0. The van der Waals surface area contributed by atoms with Gasteiger partial charge in [0, 0.05) is 16.8 Å². The van der Waals surface area contributed by atoms with Crippen molar-refractivity contribution in [3.05, 3.63) is 65.7 Å². The lowest BCUT2D eigenvalue weighted by molar-refractivity contribution is -0.139. The number of nitrogens with one attached hydrogen (secondary N) is 1. The number of carboxylic acids is 1. The molecule has 2 aromatic rings. The third-order valence-corrected chi connectivity index (χ3v) is 2.78. The molecule has 2 aromatic carbocycles. The Morgan fingerprint density at radius 1 is 0.857 bits per heavy atom. The number of benzene rings is 2. The molecule has 2 N–H and O–H groups in total. The second-order valence-corrected chi connectivity index (χ2v) is 4.39. The van der Waals surface area contributed by atoms with Gasteiger partial charge in [-0.1, -0.05) is 30.3 Å². The first kappa shape index (κ1) is 14.5. The molecule has 0 aliphatic carbocycles. The van der Waals surface area contributed by atoms with Crippen molar-refractivity contribution in [2.45, 2.75) is 6.42 Å². The van der Waals surface area contributed by atoms with E-state index in [2.05, 4.69) is 5.32 Å². The van der Waals surface area contributed by atoms with Gasteiger partial charge in [0.05, 0.1) is 0 Å². The highest BCUT2D eigenvalue weighted by molar-refractivity contribution is 6.09. The molecule has 0 heterocycles. The monoisotopic (exact) mass is 283 g/mol. The molecular weight excluding hydrogens is 270 g/mol. The molecule has 2 rings (SSSR count). The molecule has 5 nitrogen and oxygen atoms in total. The first-order chi connectivity index (χ1) is 10.1. The molecule has 0 radical (unpaired) electrons. The summed E-state index contributed by atoms with van der Waals surface area (Å²) in [6.45, 7) is 0. The van der Waals surface area contributed by atoms with E-state index < -0.39 is 18.3 Å². The van der Waals surface area contributed by atoms with Gasteiger partial charge in [-0.25, -0.2) is 0 Å². The minimum absolute atomic E-state index is 0.112. The zero-order chi connectivity index (χ0) is 15.2. The Morgan fingerprint density at radius 3 is 2.00 bits per heavy atom. The number of ketones is 1. The standard InChI is InChI=1S/C16H13NO4/c18-14(10-15(19)20)17-13-8-6-12(7-9-13)16(21)11-4-2-1-3-5-11/h1-9H,10H2,(H,17,18)(H,19,20). The average molecular weight is 283 g/mol. The summed E-state index contributed by atoms with van der Waals surface area (Å²) in [5.41, 5.74) is 1.53. The van der Waals surface area contributed by atoms with Crippen LogP contribution in [0.4, 0.5) is 5.69 Å². The summed E-state index contributed by atoms with van der Waals surface area (Å²) in [7, 11) is 0. The molecule has 0 unspecified atom stereocenters. The Labute approximate surface area is 121 Å². The quantitative estimate of drug-likeness (QED) is 0.651. The Hall–Kier alpha value is -2.95. The second-order valence-electron chi connectivity index (χ2n) is 4.39. The third-order valence-electron chi connectivity index (χ3n) is 2.78. The molecule has 0 saturated carbocycles. The van der Waals surface area contributed by atoms with Crippen LogP contribution in [0.2, 0.25) is 0 Å². The van der Waals surface area contributed by atoms with Crippen LogP contribution in [0.1, 0.15) is 22.3 Å². The van der Waals surface area contributed by atoms with Crippen LogP contribution in [0.15, 0.2) is 54.6 Å². The molecule has 21 heavy (non-hydrogen) atoms. The van der Waals surface area contributed by atoms with Crippen LogP contribution in [0.25, 0.3) is 0 Å². The summed E-state index contributed by atoms with van der Waals surface area (Å²) < 4.78 is 0. The van der Waals surface area contributed by atoms with E-state index >= 15 is 0 Å². The van der Waals surface area contributed by atoms with Crippen molar-refractivity contribution in [3.63, 3.8) is 0 Å². The minimum Gasteiger partial charge on any atom is -0.481 e. The number of anilines is 1. The van der Waals surface area contributed by atoms with Gasteiger partial charge in [0.1, 0.15) is 6.42 Å². The second kappa shape index (κ2) is 6.47. The fourth-order valence-corrected chi connectivity index (χ4v) is 1.80. The normalized spacial score (nSPS) is 9.90. The van der Waals surface area contributed by atoms with E-state index in [4.69, 9.17) is 5.11 Å². The summed E-state index contributed by atoms with van der Waals surface area (Å²) in [6, 6.07) is 15.2. The van der Waals surface area contributed by atoms with E-state index in [0.717, 1.165) is 0 Å². The van der Waals surface area contributed by atoms with Gasteiger partial charge >= 0.3 is 5.97 Å². The Balaban J connectivity index is 2.07. The summed E-state index contributed by atoms with van der Waals surface area (Å²) in [6.07, 6.45) is -0.593. The van der Waals surface area contributed by atoms with E-state index in [-0.39, 0.29) is 5.78 Å². The highest BCUT2D eigenvalue weighted by Gasteiger charge is 2.10. The summed E-state index contributed by atoms with van der Waals surface area (Å²) in [5.74, 6) is -1.91. The molecule has 0 aliphatic heterocycles. The van der Waals surface area contributed by atoms with Gasteiger partial charge in [-0.3, -0.25) is 14.4 Å². The van der Waals surface area contributed by atoms with Crippen LogP contribution in [0.3, 0.4) is 0 Å². The van der Waals surface area contributed by atoms with Gasteiger partial charge in [-0.2, -0.15) is 0 Å². The maximum Gasteiger partial charge on any atom is 0.312 e. The molecular formula is C16H13NO4. The van der Waals surface area contributed by atoms with Gasteiger partial charge in [0.25, 0.3) is 0 Å². The van der Waals surface area contributed by atoms with Crippen molar-refractivity contribution in [1.29, 1.82) is 0 Å². The number of hydrogen-bond donors (Lipinski definition) is 2. The van der Waals surface area contributed by atoms with Gasteiger partial charge < -0.3 is 10.4 Å². The van der Waals surface area contributed by atoms with Gasteiger partial charge in [-0.05, 0) is 24.3 Å². The Kier molecular flexibility index (Phi) is 4.46. The minimum atomic E-state index is -1.19. The predicted octanol–water partition coefficient (Wildman–Crippen LogP) is 2.33. The molecule has 0 saturated heterocycles. The molecule has 106 valence electrons. The first-order valence-electron chi connectivity index (χ1n) is 6.28. The molecule has 1 amide bonds. The maximum absolute atomic E-state index is 12.2. The highest BCUT2D eigenvalue weighted by Crippen LogP contribution is 2.14. The molecule has 0 aromatic heterocycles. The summed E-state index contributed by atoms with van der Waals surface area (Å²) in [4.78, 5) is 33.9. The zero-order valence-corrected chi connectivity index (χ0v) is 11.1. The zero-order valence-electron chi connectivity index (χ0n) is 11.1. The topological polar surface area (TPSA) is 83.5 Å². The van der Waals surface area contributed by atoms with Gasteiger partial charge in [0.15, 0.2) is 5.78 Å². The number of amides is 1. The number of carboxylic acid groups (broad SMARTS) is 1. The molecule has 0 spiro atoms. The van der Waals surface area contributed by atoms with Crippen LogP contribution in [0.5, 0.6) is 0 Å². The first-order valence-corrected chi connectivity index (χ1v) is 6.28. The van der Waals surface area contributed by atoms with Crippen LogP contribution in [-0.4, -0.2) is 22.8 Å². The lowest BCUT2D eigenvalue weighted by atomic mass is 10.0. The van der Waals surface area contributed by atoms with E-state index in [1.54, 1.807) is 48.5 Å². The van der Waals surface area contributed by atoms with E-state index in [1.165, 1.54) is 0 Å².